The number of hydrogen-bond acceptors (Lipinski definition) is 6. The van der Waals surface area contributed by atoms with Crippen molar-refractivity contribution >= 4 is 17.7 Å². The van der Waals surface area contributed by atoms with E-state index in [1.807, 2.05) is 20.8 Å². The van der Waals surface area contributed by atoms with E-state index in [9.17, 15) is 4.79 Å². The minimum Gasteiger partial charge on any atom is -0.468 e. The second kappa shape index (κ2) is 6.83. The molecule has 1 saturated carbocycles. The minimum absolute atomic E-state index is 0.158. The van der Waals surface area contributed by atoms with Gasteiger partial charge in [0.1, 0.15) is 11.3 Å². The zero-order valence-electron chi connectivity index (χ0n) is 13.2. The third-order valence-electron chi connectivity index (χ3n) is 4.07. The molecular formula is C15H24N2O3S. The van der Waals surface area contributed by atoms with Crippen LogP contribution in [0.15, 0.2) is 9.64 Å². The van der Waals surface area contributed by atoms with Crippen molar-refractivity contribution in [3.63, 3.8) is 0 Å². The van der Waals surface area contributed by atoms with Crippen LogP contribution >= 0.6 is 11.8 Å². The number of esters is 1. The van der Waals surface area contributed by atoms with E-state index in [0.29, 0.717) is 10.5 Å². The number of nitrogens with zero attached hydrogens (tertiary/aromatic N) is 1. The Balaban J connectivity index is 2.09. The lowest BCUT2D eigenvalue weighted by Gasteiger charge is -2.38. The minimum atomic E-state index is -0.559. The van der Waals surface area contributed by atoms with Crippen LogP contribution in [0.1, 0.15) is 44.1 Å². The van der Waals surface area contributed by atoms with Gasteiger partial charge < -0.3 is 14.5 Å². The Bertz CT molecular complexity index is 480. The smallest absolute Gasteiger partial charge is 0.326 e. The topological polar surface area (TPSA) is 64.4 Å². The lowest BCUT2D eigenvalue weighted by molar-refractivity contribution is -0.150. The van der Waals surface area contributed by atoms with E-state index in [0.717, 1.165) is 43.7 Å². The molecule has 118 valence electrons. The first kappa shape index (κ1) is 16.4. The van der Waals surface area contributed by atoms with Gasteiger partial charge in [0.2, 0.25) is 0 Å². The first-order valence-electron chi connectivity index (χ1n) is 7.45. The molecule has 0 spiro atoms. The molecule has 2 rings (SSSR count). The van der Waals surface area contributed by atoms with E-state index in [1.165, 1.54) is 7.11 Å². The Labute approximate surface area is 130 Å². The summed E-state index contributed by atoms with van der Waals surface area (Å²) < 4.78 is 10.7. The number of oxazole rings is 1. The van der Waals surface area contributed by atoms with Gasteiger partial charge in [-0.05, 0) is 46.1 Å². The summed E-state index contributed by atoms with van der Waals surface area (Å²) >= 11 is 1.63. The number of ether oxygens (including phenoxy) is 1. The Morgan fingerprint density at radius 3 is 2.90 bits per heavy atom. The predicted octanol–water partition coefficient (Wildman–Crippen LogP) is 2.85. The molecule has 0 aliphatic heterocycles. The average molecular weight is 312 g/mol. The molecule has 2 unspecified atom stereocenters. The van der Waals surface area contributed by atoms with Gasteiger partial charge >= 0.3 is 5.97 Å². The first-order chi connectivity index (χ1) is 10.0. The Kier molecular flexibility index (Phi) is 5.32. The van der Waals surface area contributed by atoms with E-state index in [1.54, 1.807) is 11.8 Å². The van der Waals surface area contributed by atoms with Gasteiger partial charge in [-0.25, -0.2) is 4.98 Å². The van der Waals surface area contributed by atoms with Gasteiger partial charge in [0, 0.05) is 5.25 Å². The molecular weight excluding hydrogens is 288 g/mol. The van der Waals surface area contributed by atoms with Crippen molar-refractivity contribution in [1.29, 1.82) is 0 Å². The molecule has 0 aromatic carbocycles. The van der Waals surface area contributed by atoms with Crippen molar-refractivity contribution in [2.75, 3.05) is 13.7 Å². The van der Waals surface area contributed by atoms with Crippen LogP contribution < -0.4 is 5.32 Å². The van der Waals surface area contributed by atoms with Crippen molar-refractivity contribution < 1.29 is 13.9 Å². The molecule has 0 radical (unpaired) electrons. The SMILES string of the molecule is CCNC1(C(=O)OC)CCCC(Sc2nc(C)c(C)o2)C1. The number of rotatable bonds is 5. The monoisotopic (exact) mass is 312 g/mol. The summed E-state index contributed by atoms with van der Waals surface area (Å²) in [7, 11) is 1.46. The van der Waals surface area contributed by atoms with Crippen LogP contribution in [0.25, 0.3) is 0 Å². The largest absolute Gasteiger partial charge is 0.468 e. The summed E-state index contributed by atoms with van der Waals surface area (Å²) in [5.41, 5.74) is 0.370. The van der Waals surface area contributed by atoms with Gasteiger partial charge in [0.15, 0.2) is 0 Å². The third-order valence-corrected chi connectivity index (χ3v) is 5.19. The highest BCUT2D eigenvalue weighted by atomic mass is 32.2. The molecule has 1 heterocycles. The van der Waals surface area contributed by atoms with Crippen molar-refractivity contribution in [2.45, 2.75) is 62.5 Å². The van der Waals surface area contributed by atoms with Crippen LogP contribution in [-0.4, -0.2) is 35.4 Å². The van der Waals surface area contributed by atoms with Crippen LogP contribution in [0, 0.1) is 13.8 Å². The lowest BCUT2D eigenvalue weighted by atomic mass is 9.81. The van der Waals surface area contributed by atoms with Crippen LogP contribution in [0.3, 0.4) is 0 Å². The molecule has 1 aliphatic carbocycles. The van der Waals surface area contributed by atoms with Crippen LogP contribution in [0.2, 0.25) is 0 Å². The summed E-state index contributed by atoms with van der Waals surface area (Å²) in [5.74, 6) is 0.702. The van der Waals surface area contributed by atoms with Gasteiger partial charge in [-0.15, -0.1) is 0 Å². The molecule has 2 atom stereocenters. The predicted molar refractivity (Wildman–Crippen MR) is 82.5 cm³/mol. The molecule has 0 saturated heterocycles. The van der Waals surface area contributed by atoms with E-state index >= 15 is 0 Å². The number of carbonyl (C=O) groups excluding carboxylic acids is 1. The Hall–Kier alpha value is -1.01. The zero-order valence-corrected chi connectivity index (χ0v) is 14.0. The molecule has 0 amide bonds. The van der Waals surface area contributed by atoms with Gasteiger partial charge in [-0.1, -0.05) is 18.7 Å². The quantitative estimate of drug-likeness (QED) is 0.844. The highest BCUT2D eigenvalue weighted by Crippen LogP contribution is 2.39. The molecule has 1 aliphatic rings. The van der Waals surface area contributed by atoms with Crippen molar-refractivity contribution in [3.8, 4) is 0 Å². The summed E-state index contributed by atoms with van der Waals surface area (Å²) in [5, 5.41) is 4.36. The number of aryl methyl sites for hydroxylation is 2. The molecule has 0 bridgehead atoms. The molecule has 6 heteroatoms. The number of likely N-dealkylation sites (N-methyl/N-ethyl adjacent to an activating group) is 1. The summed E-state index contributed by atoms with van der Waals surface area (Å²) in [6, 6.07) is 0. The molecule has 1 fully saturated rings. The molecule has 1 aromatic heterocycles. The second-order valence-corrected chi connectivity index (χ2v) is 6.81. The number of carbonyl (C=O) groups is 1. The van der Waals surface area contributed by atoms with Crippen molar-refractivity contribution in [2.24, 2.45) is 0 Å². The molecule has 1 N–H and O–H groups in total. The first-order valence-corrected chi connectivity index (χ1v) is 8.33. The van der Waals surface area contributed by atoms with E-state index in [2.05, 4.69) is 10.3 Å². The average Bonchev–Trinajstić information content (AvgIpc) is 2.77. The highest BCUT2D eigenvalue weighted by molar-refractivity contribution is 7.99. The van der Waals surface area contributed by atoms with Crippen molar-refractivity contribution in [3.05, 3.63) is 11.5 Å². The van der Waals surface area contributed by atoms with Crippen LogP contribution in [-0.2, 0) is 9.53 Å². The van der Waals surface area contributed by atoms with Gasteiger partial charge in [0.25, 0.3) is 5.22 Å². The Morgan fingerprint density at radius 1 is 1.57 bits per heavy atom. The standard InChI is InChI=1S/C15H24N2O3S/c1-5-16-15(13(18)19-4)8-6-7-12(9-15)21-14-17-10(2)11(3)20-14/h12,16H,5-9H2,1-4H3. The number of thioether (sulfide) groups is 1. The number of methoxy groups -OCH3 is 1. The fourth-order valence-electron chi connectivity index (χ4n) is 2.91. The maximum Gasteiger partial charge on any atom is 0.326 e. The second-order valence-electron chi connectivity index (χ2n) is 5.56. The summed E-state index contributed by atoms with van der Waals surface area (Å²) in [4.78, 5) is 16.6. The van der Waals surface area contributed by atoms with Gasteiger partial charge in [0.05, 0.1) is 12.8 Å². The van der Waals surface area contributed by atoms with Gasteiger partial charge in [-0.3, -0.25) is 4.79 Å². The van der Waals surface area contributed by atoms with E-state index in [4.69, 9.17) is 9.15 Å². The Morgan fingerprint density at radius 2 is 2.33 bits per heavy atom. The fraction of sp³-hybridized carbons (Fsp3) is 0.733. The number of hydrogen-bond donors (Lipinski definition) is 1. The molecule has 1 aromatic rings. The summed E-state index contributed by atoms with van der Waals surface area (Å²) in [6.45, 7) is 6.64. The zero-order chi connectivity index (χ0) is 15.5. The number of nitrogens with one attached hydrogen (secondary N) is 1. The maximum atomic E-state index is 12.2. The number of aromatic nitrogens is 1. The lowest BCUT2D eigenvalue weighted by Crippen LogP contribution is -2.55. The fourth-order valence-corrected chi connectivity index (χ4v) is 4.21. The highest BCUT2D eigenvalue weighted by Gasteiger charge is 2.43. The third kappa shape index (κ3) is 3.61. The normalized spacial score (nSPS) is 25.8. The molecule has 21 heavy (non-hydrogen) atoms. The van der Waals surface area contributed by atoms with Gasteiger partial charge in [-0.2, -0.15) is 0 Å². The molecule has 5 nitrogen and oxygen atoms in total. The van der Waals surface area contributed by atoms with Crippen LogP contribution in [0.5, 0.6) is 0 Å². The van der Waals surface area contributed by atoms with Crippen LogP contribution in [0.4, 0.5) is 0 Å². The van der Waals surface area contributed by atoms with E-state index < -0.39 is 5.54 Å². The van der Waals surface area contributed by atoms with Crippen molar-refractivity contribution in [1.82, 2.24) is 10.3 Å². The summed E-state index contributed by atoms with van der Waals surface area (Å²) in [6.07, 6.45) is 3.64. The maximum absolute atomic E-state index is 12.2. The van der Waals surface area contributed by atoms with E-state index in [-0.39, 0.29) is 5.97 Å².